The van der Waals surface area contributed by atoms with Gasteiger partial charge in [-0.05, 0) is 45.7 Å². The lowest BCUT2D eigenvalue weighted by molar-refractivity contribution is 0.0616. The molecule has 2 heterocycles. The van der Waals surface area contributed by atoms with Crippen molar-refractivity contribution in [3.63, 3.8) is 0 Å². The van der Waals surface area contributed by atoms with Gasteiger partial charge >= 0.3 is 6.09 Å². The van der Waals surface area contributed by atoms with Crippen molar-refractivity contribution < 1.29 is 14.3 Å². The summed E-state index contributed by atoms with van der Waals surface area (Å²) in [7, 11) is 0. The summed E-state index contributed by atoms with van der Waals surface area (Å²) >= 11 is 0. The zero-order valence-corrected chi connectivity index (χ0v) is 12.7. The fourth-order valence-corrected chi connectivity index (χ4v) is 2.90. The van der Waals surface area contributed by atoms with E-state index in [1.54, 1.807) is 11.0 Å². The second-order valence-corrected chi connectivity index (χ2v) is 6.38. The quantitative estimate of drug-likeness (QED) is 0.911. The Kier molecular flexibility index (Phi) is 4.34. The number of pyridine rings is 1. The maximum Gasteiger partial charge on any atom is 0.407 e. The highest BCUT2D eigenvalue weighted by molar-refractivity contribution is 5.66. The summed E-state index contributed by atoms with van der Waals surface area (Å²) in [5.41, 5.74) is -0.410. The van der Waals surface area contributed by atoms with Gasteiger partial charge in [0.2, 0.25) is 0 Å². The molecule has 0 bridgehead atoms. The summed E-state index contributed by atoms with van der Waals surface area (Å²) < 4.78 is 12.9. The smallest absolute Gasteiger partial charge is 0.407 e. The van der Waals surface area contributed by atoms with Gasteiger partial charge in [-0.1, -0.05) is 0 Å². The van der Waals surface area contributed by atoms with Crippen molar-refractivity contribution in [2.75, 3.05) is 18.0 Å². The minimum atomic E-state index is -0.874. The van der Waals surface area contributed by atoms with E-state index in [2.05, 4.69) is 9.88 Å². The second-order valence-electron chi connectivity index (χ2n) is 6.38. The maximum atomic E-state index is 12.9. The lowest BCUT2D eigenvalue weighted by Crippen LogP contribution is -2.54. The van der Waals surface area contributed by atoms with Crippen LogP contribution in [0.4, 0.5) is 15.0 Å². The summed E-state index contributed by atoms with van der Waals surface area (Å²) in [6.45, 7) is 7.19. The SMILES string of the molecule is CC(C)(C)N(C(=O)O)C1CCN(c2ccc(F)cn2)CC1. The number of amides is 1. The fraction of sp³-hybridized carbons (Fsp3) is 0.600. The Morgan fingerprint density at radius 1 is 1.38 bits per heavy atom. The van der Waals surface area contributed by atoms with E-state index in [0.29, 0.717) is 0 Å². The molecule has 0 unspecified atom stereocenters. The molecular weight excluding hydrogens is 273 g/mol. The topological polar surface area (TPSA) is 56.7 Å². The van der Waals surface area contributed by atoms with Crippen LogP contribution in [-0.2, 0) is 0 Å². The summed E-state index contributed by atoms with van der Waals surface area (Å²) in [4.78, 5) is 19.2. The largest absolute Gasteiger partial charge is 0.465 e. The van der Waals surface area contributed by atoms with Crippen LogP contribution in [0.1, 0.15) is 33.6 Å². The third-order valence-corrected chi connectivity index (χ3v) is 3.79. The molecule has 1 N–H and O–H groups in total. The lowest BCUT2D eigenvalue weighted by Gasteiger charge is -2.43. The zero-order valence-electron chi connectivity index (χ0n) is 12.7. The second kappa shape index (κ2) is 5.87. The minimum absolute atomic E-state index is 0.0131. The van der Waals surface area contributed by atoms with Gasteiger partial charge in [-0.15, -0.1) is 0 Å². The van der Waals surface area contributed by atoms with Crippen LogP contribution in [0.2, 0.25) is 0 Å². The Labute approximate surface area is 124 Å². The molecule has 21 heavy (non-hydrogen) atoms. The first-order valence-electron chi connectivity index (χ1n) is 7.18. The van der Waals surface area contributed by atoms with Crippen LogP contribution >= 0.6 is 0 Å². The molecule has 1 aliphatic heterocycles. The first-order chi connectivity index (χ1) is 9.79. The van der Waals surface area contributed by atoms with Gasteiger partial charge in [0.15, 0.2) is 0 Å². The van der Waals surface area contributed by atoms with Crippen LogP contribution in [0.15, 0.2) is 18.3 Å². The molecule has 2 rings (SSSR count). The minimum Gasteiger partial charge on any atom is -0.465 e. The Morgan fingerprint density at radius 3 is 2.43 bits per heavy atom. The first-order valence-corrected chi connectivity index (χ1v) is 7.18. The molecular formula is C15H22FN3O2. The number of carboxylic acid groups (broad SMARTS) is 1. The molecule has 0 aromatic carbocycles. The molecule has 5 nitrogen and oxygen atoms in total. The van der Waals surface area contributed by atoms with E-state index in [1.807, 2.05) is 20.8 Å². The fourth-order valence-electron chi connectivity index (χ4n) is 2.90. The molecule has 1 aromatic heterocycles. The van der Waals surface area contributed by atoms with Crippen LogP contribution in [0.5, 0.6) is 0 Å². The highest BCUT2D eigenvalue weighted by Crippen LogP contribution is 2.26. The number of piperidine rings is 1. The molecule has 0 saturated carbocycles. The number of carbonyl (C=O) groups is 1. The monoisotopic (exact) mass is 295 g/mol. The van der Waals surface area contributed by atoms with Crippen LogP contribution in [0, 0.1) is 5.82 Å². The average molecular weight is 295 g/mol. The molecule has 1 aliphatic rings. The van der Waals surface area contributed by atoms with Gasteiger partial charge in [0.1, 0.15) is 11.6 Å². The molecule has 0 spiro atoms. The van der Waals surface area contributed by atoms with E-state index >= 15 is 0 Å². The number of hydrogen-bond acceptors (Lipinski definition) is 3. The van der Waals surface area contributed by atoms with E-state index in [1.165, 1.54) is 12.3 Å². The number of nitrogens with zero attached hydrogens (tertiary/aromatic N) is 3. The number of anilines is 1. The van der Waals surface area contributed by atoms with Gasteiger partial charge in [-0.3, -0.25) is 0 Å². The van der Waals surface area contributed by atoms with E-state index in [9.17, 15) is 14.3 Å². The third kappa shape index (κ3) is 3.62. The zero-order chi connectivity index (χ0) is 15.6. The Balaban J connectivity index is 2.02. The van der Waals surface area contributed by atoms with Crippen LogP contribution in [0.3, 0.4) is 0 Å². The third-order valence-electron chi connectivity index (χ3n) is 3.79. The van der Waals surface area contributed by atoms with Gasteiger partial charge < -0.3 is 14.9 Å². The van der Waals surface area contributed by atoms with E-state index in [-0.39, 0.29) is 11.9 Å². The molecule has 0 atom stereocenters. The highest BCUT2D eigenvalue weighted by Gasteiger charge is 2.35. The number of hydrogen-bond donors (Lipinski definition) is 1. The molecule has 0 aliphatic carbocycles. The summed E-state index contributed by atoms with van der Waals surface area (Å²) in [6, 6.07) is 3.07. The predicted molar refractivity (Wildman–Crippen MR) is 79.0 cm³/mol. The van der Waals surface area contributed by atoms with Gasteiger partial charge in [0, 0.05) is 24.7 Å². The van der Waals surface area contributed by atoms with Crippen molar-refractivity contribution in [1.29, 1.82) is 0 Å². The molecule has 1 aromatic rings. The average Bonchev–Trinajstić information content (AvgIpc) is 2.38. The van der Waals surface area contributed by atoms with Crippen molar-refractivity contribution in [3.05, 3.63) is 24.1 Å². The molecule has 116 valence electrons. The van der Waals surface area contributed by atoms with E-state index in [4.69, 9.17) is 0 Å². The molecule has 0 radical (unpaired) electrons. The van der Waals surface area contributed by atoms with E-state index < -0.39 is 11.6 Å². The van der Waals surface area contributed by atoms with Crippen molar-refractivity contribution in [1.82, 2.24) is 9.88 Å². The molecule has 6 heteroatoms. The van der Waals surface area contributed by atoms with Crippen molar-refractivity contribution in [2.24, 2.45) is 0 Å². The summed E-state index contributed by atoms with van der Waals surface area (Å²) in [5, 5.41) is 9.43. The first kappa shape index (κ1) is 15.5. The lowest BCUT2D eigenvalue weighted by atomic mass is 9.97. The van der Waals surface area contributed by atoms with Crippen molar-refractivity contribution >= 4 is 11.9 Å². The van der Waals surface area contributed by atoms with Crippen molar-refractivity contribution in [2.45, 2.75) is 45.2 Å². The summed E-state index contributed by atoms with van der Waals surface area (Å²) in [5.74, 6) is 0.394. The summed E-state index contributed by atoms with van der Waals surface area (Å²) in [6.07, 6.45) is 1.84. The van der Waals surface area contributed by atoms with Crippen LogP contribution < -0.4 is 4.90 Å². The standard InChI is InChI=1S/C15H22FN3O2/c1-15(2,3)19(14(20)21)12-6-8-18(9-7-12)13-5-4-11(16)10-17-13/h4-5,10,12H,6-9H2,1-3H3,(H,20,21). The highest BCUT2D eigenvalue weighted by atomic mass is 19.1. The van der Waals surface area contributed by atoms with Crippen LogP contribution in [-0.4, -0.2) is 45.8 Å². The predicted octanol–water partition coefficient (Wildman–Crippen LogP) is 2.97. The Morgan fingerprint density at radius 2 is 2.00 bits per heavy atom. The van der Waals surface area contributed by atoms with Gasteiger partial charge in [0.25, 0.3) is 0 Å². The van der Waals surface area contributed by atoms with E-state index in [0.717, 1.165) is 31.7 Å². The Bertz CT molecular complexity index is 491. The van der Waals surface area contributed by atoms with Crippen molar-refractivity contribution in [3.8, 4) is 0 Å². The molecule has 1 saturated heterocycles. The van der Waals surface area contributed by atoms with Gasteiger partial charge in [0.05, 0.1) is 6.20 Å². The Hall–Kier alpha value is -1.85. The molecule has 1 fully saturated rings. The molecule has 1 amide bonds. The van der Waals surface area contributed by atoms with Gasteiger partial charge in [-0.2, -0.15) is 0 Å². The van der Waals surface area contributed by atoms with Gasteiger partial charge in [-0.25, -0.2) is 14.2 Å². The normalized spacial score (nSPS) is 16.9. The van der Waals surface area contributed by atoms with Crippen LogP contribution in [0.25, 0.3) is 0 Å². The number of halogens is 1. The maximum absolute atomic E-state index is 12.9. The number of aromatic nitrogens is 1. The number of rotatable bonds is 2.